The van der Waals surface area contributed by atoms with E-state index >= 15 is 0 Å². The lowest BCUT2D eigenvalue weighted by atomic mass is 10.1. The predicted octanol–water partition coefficient (Wildman–Crippen LogP) is 1.14. The molecule has 1 heterocycles. The number of cyclic esters (lactones) is 1. The molecule has 2 atom stereocenters. The van der Waals surface area contributed by atoms with Crippen LogP contribution in [0.15, 0.2) is 0 Å². The number of carbonyl (C=O) groups is 1. The molecule has 0 aromatic carbocycles. The second-order valence-electron chi connectivity index (χ2n) is 3.99. The third-order valence-electron chi connectivity index (χ3n) is 2.11. The van der Waals surface area contributed by atoms with Crippen molar-refractivity contribution in [3.05, 3.63) is 0 Å². The van der Waals surface area contributed by atoms with Crippen molar-refractivity contribution in [3.8, 4) is 0 Å². The van der Waals surface area contributed by atoms with Gasteiger partial charge < -0.3 is 4.74 Å². The number of ether oxygens (including phenoxy) is 1. The van der Waals surface area contributed by atoms with E-state index in [4.69, 9.17) is 4.74 Å². The van der Waals surface area contributed by atoms with E-state index in [1.54, 1.807) is 0 Å². The molecule has 0 spiro atoms. The molecule has 12 heavy (non-hydrogen) atoms. The molecule has 0 aromatic heterocycles. The Bertz CT molecular complexity index is 177. The van der Waals surface area contributed by atoms with Gasteiger partial charge in [-0.05, 0) is 5.92 Å². The Morgan fingerprint density at radius 1 is 1.25 bits per heavy atom. The van der Waals surface area contributed by atoms with Gasteiger partial charge in [-0.15, -0.1) is 0 Å². The van der Waals surface area contributed by atoms with Crippen LogP contribution in [0.1, 0.15) is 27.7 Å². The Balaban J connectivity index is 2.56. The summed E-state index contributed by atoms with van der Waals surface area (Å²) in [7, 11) is 0. The Labute approximate surface area is 73.5 Å². The fourth-order valence-corrected chi connectivity index (χ4v) is 1.27. The Morgan fingerprint density at radius 3 is 2.08 bits per heavy atom. The first-order valence-electron chi connectivity index (χ1n) is 4.49. The second kappa shape index (κ2) is 3.44. The third kappa shape index (κ3) is 1.78. The van der Waals surface area contributed by atoms with Crippen molar-refractivity contribution in [1.29, 1.82) is 0 Å². The third-order valence-corrected chi connectivity index (χ3v) is 2.11. The maximum absolute atomic E-state index is 11.2. The van der Waals surface area contributed by atoms with Crippen LogP contribution in [0.4, 0.5) is 0 Å². The molecule has 1 fully saturated rings. The fourth-order valence-electron chi connectivity index (χ4n) is 1.27. The highest BCUT2D eigenvalue weighted by Gasteiger charge is 2.36. The molecule has 1 rings (SSSR count). The summed E-state index contributed by atoms with van der Waals surface area (Å²) in [6.45, 7) is 8.10. The van der Waals surface area contributed by atoms with Crippen LogP contribution in [0, 0.1) is 11.8 Å². The normalized spacial score (nSPS) is 30.0. The lowest BCUT2D eigenvalue weighted by Gasteiger charge is -2.14. The summed E-state index contributed by atoms with van der Waals surface area (Å²) in [6, 6.07) is -0.114. The van der Waals surface area contributed by atoms with Gasteiger partial charge in [0.15, 0.2) is 6.23 Å². The van der Waals surface area contributed by atoms with Crippen LogP contribution < -0.4 is 5.32 Å². The van der Waals surface area contributed by atoms with Gasteiger partial charge in [0.05, 0.1) is 0 Å². The second-order valence-corrected chi connectivity index (χ2v) is 3.99. The van der Waals surface area contributed by atoms with E-state index < -0.39 is 0 Å². The van der Waals surface area contributed by atoms with E-state index in [1.807, 2.05) is 27.7 Å². The number of hydrogen-bond donors (Lipinski definition) is 1. The van der Waals surface area contributed by atoms with E-state index in [1.165, 1.54) is 0 Å². The Kier molecular flexibility index (Phi) is 2.73. The van der Waals surface area contributed by atoms with E-state index in [0.717, 1.165) is 0 Å². The maximum Gasteiger partial charge on any atom is 0.325 e. The molecule has 2 unspecified atom stereocenters. The van der Waals surface area contributed by atoms with E-state index in [0.29, 0.717) is 11.8 Å². The smallest absolute Gasteiger partial charge is 0.325 e. The number of esters is 1. The highest BCUT2D eigenvalue weighted by molar-refractivity contribution is 5.78. The Hall–Kier alpha value is -0.570. The molecule has 1 saturated heterocycles. The van der Waals surface area contributed by atoms with Gasteiger partial charge in [0.2, 0.25) is 0 Å². The standard InChI is InChI=1S/C9H17NO2/c1-5(2)7-9(11)12-8(10-7)6(3)4/h5-8,10H,1-4H3. The first-order valence-corrected chi connectivity index (χ1v) is 4.49. The minimum absolute atomic E-state index is 0.0927. The summed E-state index contributed by atoms with van der Waals surface area (Å²) in [5.41, 5.74) is 0. The molecule has 0 aromatic rings. The average molecular weight is 171 g/mol. The van der Waals surface area contributed by atoms with Crippen LogP contribution in [0.25, 0.3) is 0 Å². The number of hydrogen-bond acceptors (Lipinski definition) is 3. The van der Waals surface area contributed by atoms with E-state index in [2.05, 4.69) is 5.32 Å². The molecular weight excluding hydrogens is 154 g/mol. The SMILES string of the molecule is CC(C)C1NC(C(C)C)C(=O)O1. The first-order chi connectivity index (χ1) is 5.52. The summed E-state index contributed by atoms with van der Waals surface area (Å²) < 4.78 is 5.15. The number of rotatable bonds is 2. The zero-order valence-corrected chi connectivity index (χ0v) is 8.13. The maximum atomic E-state index is 11.2. The lowest BCUT2D eigenvalue weighted by molar-refractivity contribution is -0.144. The molecule has 0 aliphatic carbocycles. The van der Waals surface area contributed by atoms with Crippen molar-refractivity contribution in [1.82, 2.24) is 5.32 Å². The topological polar surface area (TPSA) is 38.3 Å². The first kappa shape index (κ1) is 9.52. The van der Waals surface area contributed by atoms with Gasteiger partial charge in [-0.25, -0.2) is 0 Å². The van der Waals surface area contributed by atoms with Crippen molar-refractivity contribution >= 4 is 5.97 Å². The van der Waals surface area contributed by atoms with Crippen molar-refractivity contribution < 1.29 is 9.53 Å². The molecule has 3 heteroatoms. The number of carbonyl (C=O) groups excluding carboxylic acids is 1. The summed E-state index contributed by atoms with van der Waals surface area (Å²) in [5.74, 6) is 0.544. The summed E-state index contributed by atoms with van der Waals surface area (Å²) in [4.78, 5) is 11.2. The highest BCUT2D eigenvalue weighted by Crippen LogP contribution is 2.17. The van der Waals surface area contributed by atoms with Gasteiger partial charge in [-0.1, -0.05) is 27.7 Å². The minimum atomic E-state index is -0.114. The van der Waals surface area contributed by atoms with Gasteiger partial charge in [0, 0.05) is 5.92 Å². The molecule has 0 saturated carbocycles. The van der Waals surface area contributed by atoms with Crippen molar-refractivity contribution in [3.63, 3.8) is 0 Å². The molecule has 0 radical (unpaired) electrons. The van der Waals surface area contributed by atoms with Gasteiger partial charge in [0.25, 0.3) is 0 Å². The molecule has 0 amide bonds. The van der Waals surface area contributed by atoms with Crippen LogP contribution in [0.2, 0.25) is 0 Å². The van der Waals surface area contributed by atoms with Crippen molar-refractivity contribution in [2.45, 2.75) is 40.0 Å². The van der Waals surface area contributed by atoms with Crippen molar-refractivity contribution in [2.24, 2.45) is 11.8 Å². The average Bonchev–Trinajstić information content (AvgIpc) is 2.30. The predicted molar refractivity (Wildman–Crippen MR) is 46.5 cm³/mol. The van der Waals surface area contributed by atoms with Crippen LogP contribution in [0.3, 0.4) is 0 Å². The minimum Gasteiger partial charge on any atom is -0.445 e. The molecular formula is C9H17NO2. The van der Waals surface area contributed by atoms with Gasteiger partial charge in [-0.2, -0.15) is 0 Å². The highest BCUT2D eigenvalue weighted by atomic mass is 16.6. The van der Waals surface area contributed by atoms with Gasteiger partial charge in [0.1, 0.15) is 6.04 Å². The quantitative estimate of drug-likeness (QED) is 0.633. The molecule has 0 bridgehead atoms. The monoisotopic (exact) mass is 171 g/mol. The molecule has 1 aliphatic heterocycles. The van der Waals surface area contributed by atoms with Crippen LogP contribution in [0.5, 0.6) is 0 Å². The van der Waals surface area contributed by atoms with Crippen LogP contribution in [-0.4, -0.2) is 18.2 Å². The molecule has 3 nitrogen and oxygen atoms in total. The zero-order valence-electron chi connectivity index (χ0n) is 8.13. The van der Waals surface area contributed by atoms with Crippen LogP contribution >= 0.6 is 0 Å². The van der Waals surface area contributed by atoms with Crippen LogP contribution in [-0.2, 0) is 9.53 Å². The van der Waals surface area contributed by atoms with Gasteiger partial charge in [-0.3, -0.25) is 10.1 Å². The summed E-state index contributed by atoms with van der Waals surface area (Å²) in [5, 5.41) is 3.17. The zero-order chi connectivity index (χ0) is 9.30. The fraction of sp³-hybridized carbons (Fsp3) is 0.889. The van der Waals surface area contributed by atoms with E-state index in [-0.39, 0.29) is 18.2 Å². The largest absolute Gasteiger partial charge is 0.445 e. The van der Waals surface area contributed by atoms with Crippen molar-refractivity contribution in [2.75, 3.05) is 0 Å². The summed E-state index contributed by atoms with van der Waals surface area (Å²) in [6.07, 6.45) is -0.0927. The van der Waals surface area contributed by atoms with Gasteiger partial charge >= 0.3 is 5.97 Å². The molecule has 1 aliphatic rings. The van der Waals surface area contributed by atoms with E-state index in [9.17, 15) is 4.79 Å². The lowest BCUT2D eigenvalue weighted by Crippen LogP contribution is -2.37. The molecule has 1 N–H and O–H groups in total. The number of nitrogens with one attached hydrogen (secondary N) is 1. The summed E-state index contributed by atoms with van der Waals surface area (Å²) >= 11 is 0. The molecule has 70 valence electrons. The Morgan fingerprint density at radius 2 is 1.83 bits per heavy atom.